The third-order valence-corrected chi connectivity index (χ3v) is 5.26. The molecule has 1 aliphatic rings. The minimum atomic E-state index is -0.0357. The molecule has 1 saturated carbocycles. The predicted octanol–water partition coefficient (Wildman–Crippen LogP) is 4.83. The average molecular weight is 369 g/mol. The molecule has 144 valence electrons. The zero-order valence-corrected chi connectivity index (χ0v) is 16.3. The monoisotopic (exact) mass is 368 g/mol. The Balaban J connectivity index is 1.77. The smallest absolute Gasteiger partial charge is 0.322 e. The van der Waals surface area contributed by atoms with Crippen molar-refractivity contribution in [2.45, 2.75) is 58.0 Å². The molecule has 5 heteroatoms. The molecule has 1 unspecified atom stereocenters. The summed E-state index contributed by atoms with van der Waals surface area (Å²) in [6.07, 6.45) is 9.60. The van der Waals surface area contributed by atoms with Crippen molar-refractivity contribution >= 4 is 11.7 Å². The molecule has 0 saturated heterocycles. The third-order valence-electron chi connectivity index (χ3n) is 5.26. The standard InChI is InChI=1S/C22H29N3O2/c1-3-27-21-11-9-19(10-12-21)24-22(26)25(20-7-5-4-6-8-20)17(2)18-13-15-23-16-14-18/h9-17,20H,3-8H2,1-2H3,(H,24,26)/p+1. The summed E-state index contributed by atoms with van der Waals surface area (Å²) in [5.74, 6) is 0.813. The summed E-state index contributed by atoms with van der Waals surface area (Å²) in [5, 5.41) is 3.08. The number of urea groups is 1. The first kappa shape index (κ1) is 19.2. The van der Waals surface area contributed by atoms with E-state index in [-0.39, 0.29) is 18.1 Å². The first-order valence-electron chi connectivity index (χ1n) is 9.97. The van der Waals surface area contributed by atoms with Gasteiger partial charge in [0.25, 0.3) is 0 Å². The predicted molar refractivity (Wildman–Crippen MR) is 107 cm³/mol. The molecule has 0 aliphatic heterocycles. The highest BCUT2D eigenvalue weighted by atomic mass is 16.5. The van der Waals surface area contributed by atoms with Gasteiger partial charge in [-0.1, -0.05) is 19.3 Å². The Morgan fingerprint density at radius 2 is 1.81 bits per heavy atom. The molecule has 27 heavy (non-hydrogen) atoms. The second-order valence-corrected chi connectivity index (χ2v) is 7.10. The lowest BCUT2D eigenvalue weighted by Crippen LogP contribution is -2.45. The molecular formula is C22H30N3O2+. The Morgan fingerprint density at radius 1 is 1.15 bits per heavy atom. The second kappa shape index (κ2) is 9.40. The van der Waals surface area contributed by atoms with Crippen LogP contribution in [0.5, 0.6) is 5.75 Å². The van der Waals surface area contributed by atoms with Crippen molar-refractivity contribution < 1.29 is 14.5 Å². The molecule has 1 aromatic carbocycles. The molecule has 1 heterocycles. The number of hydrogen-bond acceptors (Lipinski definition) is 2. The van der Waals surface area contributed by atoms with Gasteiger partial charge in [0, 0.05) is 23.9 Å². The molecule has 5 nitrogen and oxygen atoms in total. The molecule has 0 radical (unpaired) electrons. The molecule has 1 aliphatic carbocycles. The van der Waals surface area contributed by atoms with Crippen molar-refractivity contribution in [3.8, 4) is 5.75 Å². The number of ether oxygens (including phenoxy) is 1. The number of nitrogens with zero attached hydrogens (tertiary/aromatic N) is 1. The van der Waals surface area contributed by atoms with Crippen LogP contribution in [0, 0.1) is 0 Å². The lowest BCUT2D eigenvalue weighted by Gasteiger charge is -2.38. The van der Waals surface area contributed by atoms with Crippen LogP contribution >= 0.6 is 0 Å². The maximum atomic E-state index is 13.2. The summed E-state index contributed by atoms with van der Waals surface area (Å²) in [4.78, 5) is 18.3. The molecule has 0 spiro atoms. The quantitative estimate of drug-likeness (QED) is 0.794. The number of amides is 2. The SMILES string of the molecule is CCOc1ccc(NC(=O)N(C2CCCCC2)C(C)c2cc[nH+]cc2)cc1. The summed E-state index contributed by atoms with van der Waals surface area (Å²) in [6.45, 7) is 4.70. The van der Waals surface area contributed by atoms with Crippen LogP contribution in [0.3, 0.4) is 0 Å². The minimum absolute atomic E-state index is 0.0189. The summed E-state index contributed by atoms with van der Waals surface area (Å²) in [7, 11) is 0. The van der Waals surface area contributed by atoms with Gasteiger partial charge >= 0.3 is 6.03 Å². The third kappa shape index (κ3) is 5.00. The van der Waals surface area contributed by atoms with Crippen LogP contribution in [-0.4, -0.2) is 23.6 Å². The van der Waals surface area contributed by atoms with Crippen molar-refractivity contribution in [1.82, 2.24) is 4.90 Å². The van der Waals surface area contributed by atoms with E-state index in [4.69, 9.17) is 4.74 Å². The second-order valence-electron chi connectivity index (χ2n) is 7.10. The number of nitrogens with one attached hydrogen (secondary N) is 2. The maximum Gasteiger partial charge on any atom is 0.322 e. The minimum Gasteiger partial charge on any atom is -0.494 e. The van der Waals surface area contributed by atoms with Crippen LogP contribution in [0.15, 0.2) is 48.8 Å². The number of rotatable bonds is 6. The van der Waals surface area contributed by atoms with E-state index in [1.54, 1.807) is 0 Å². The molecule has 2 amide bonds. The number of carbonyl (C=O) groups excluding carboxylic acids is 1. The number of hydrogen-bond donors (Lipinski definition) is 1. The zero-order valence-electron chi connectivity index (χ0n) is 16.3. The highest BCUT2D eigenvalue weighted by Crippen LogP contribution is 2.30. The van der Waals surface area contributed by atoms with E-state index in [1.807, 2.05) is 60.6 Å². The van der Waals surface area contributed by atoms with Crippen LogP contribution in [0.25, 0.3) is 0 Å². The highest BCUT2D eigenvalue weighted by Gasteiger charge is 2.30. The fourth-order valence-electron chi connectivity index (χ4n) is 3.85. The summed E-state index contributed by atoms with van der Waals surface area (Å²) in [5.41, 5.74) is 1.93. The molecule has 2 N–H and O–H groups in total. The normalized spacial score (nSPS) is 15.8. The summed E-state index contributed by atoms with van der Waals surface area (Å²) >= 11 is 0. The van der Waals surface area contributed by atoms with Gasteiger partial charge in [-0.2, -0.15) is 0 Å². The van der Waals surface area contributed by atoms with Gasteiger partial charge in [0.15, 0.2) is 12.4 Å². The van der Waals surface area contributed by atoms with Crippen molar-refractivity contribution in [1.29, 1.82) is 0 Å². The Morgan fingerprint density at radius 3 is 2.44 bits per heavy atom. The van der Waals surface area contributed by atoms with E-state index in [0.717, 1.165) is 29.8 Å². The molecule has 1 aromatic heterocycles. The lowest BCUT2D eigenvalue weighted by molar-refractivity contribution is -0.378. The van der Waals surface area contributed by atoms with Crippen molar-refractivity contribution in [2.75, 3.05) is 11.9 Å². The number of aromatic amines is 1. The Bertz CT molecular complexity index is 712. The van der Waals surface area contributed by atoms with Crippen molar-refractivity contribution in [2.24, 2.45) is 0 Å². The van der Waals surface area contributed by atoms with Gasteiger partial charge in [-0.15, -0.1) is 0 Å². The Labute approximate surface area is 161 Å². The lowest BCUT2D eigenvalue weighted by atomic mass is 9.92. The summed E-state index contributed by atoms with van der Waals surface area (Å²) < 4.78 is 5.48. The number of pyridine rings is 1. The van der Waals surface area contributed by atoms with E-state index < -0.39 is 0 Å². The molecule has 2 aromatic rings. The fraction of sp³-hybridized carbons (Fsp3) is 0.455. The maximum absolute atomic E-state index is 13.2. The molecule has 1 fully saturated rings. The van der Waals surface area contributed by atoms with Crippen LogP contribution in [0.4, 0.5) is 10.5 Å². The molecule has 3 rings (SSSR count). The number of H-pyrrole nitrogens is 1. The van der Waals surface area contributed by atoms with Crippen LogP contribution in [0.1, 0.15) is 57.6 Å². The largest absolute Gasteiger partial charge is 0.494 e. The van der Waals surface area contributed by atoms with E-state index in [1.165, 1.54) is 19.3 Å². The molecule has 0 bridgehead atoms. The van der Waals surface area contributed by atoms with Gasteiger partial charge in [-0.05, 0) is 56.5 Å². The Hall–Kier alpha value is -2.56. The van der Waals surface area contributed by atoms with Gasteiger partial charge in [0.2, 0.25) is 0 Å². The first-order chi connectivity index (χ1) is 13.2. The Kier molecular flexibility index (Phi) is 6.69. The average Bonchev–Trinajstić information content (AvgIpc) is 2.71. The topological polar surface area (TPSA) is 55.7 Å². The highest BCUT2D eigenvalue weighted by molar-refractivity contribution is 5.90. The van der Waals surface area contributed by atoms with E-state index in [9.17, 15) is 4.79 Å². The van der Waals surface area contributed by atoms with E-state index >= 15 is 0 Å². The molecule has 1 atom stereocenters. The van der Waals surface area contributed by atoms with Crippen LogP contribution in [-0.2, 0) is 0 Å². The van der Waals surface area contributed by atoms with Crippen LogP contribution in [0.2, 0.25) is 0 Å². The fourth-order valence-corrected chi connectivity index (χ4v) is 3.85. The molecular weight excluding hydrogens is 338 g/mol. The number of benzene rings is 1. The van der Waals surface area contributed by atoms with Gasteiger partial charge in [0.05, 0.1) is 12.6 Å². The van der Waals surface area contributed by atoms with E-state index in [2.05, 4.69) is 17.2 Å². The van der Waals surface area contributed by atoms with Gasteiger partial charge in [0.1, 0.15) is 5.75 Å². The van der Waals surface area contributed by atoms with Gasteiger partial charge in [-0.3, -0.25) is 0 Å². The van der Waals surface area contributed by atoms with Crippen molar-refractivity contribution in [3.63, 3.8) is 0 Å². The number of aromatic nitrogens is 1. The van der Waals surface area contributed by atoms with Crippen LogP contribution < -0.4 is 15.0 Å². The number of carbonyl (C=O) groups is 1. The van der Waals surface area contributed by atoms with Gasteiger partial charge < -0.3 is 15.0 Å². The summed E-state index contributed by atoms with van der Waals surface area (Å²) in [6, 6.07) is 11.9. The first-order valence-corrected chi connectivity index (χ1v) is 9.97. The number of anilines is 1. The van der Waals surface area contributed by atoms with Crippen molar-refractivity contribution in [3.05, 3.63) is 54.4 Å². The van der Waals surface area contributed by atoms with Gasteiger partial charge in [-0.25, -0.2) is 9.78 Å². The zero-order chi connectivity index (χ0) is 19.1. The van der Waals surface area contributed by atoms with E-state index in [0.29, 0.717) is 6.61 Å².